The van der Waals surface area contributed by atoms with Crippen LogP contribution in [0.5, 0.6) is 17.2 Å². The van der Waals surface area contributed by atoms with Crippen LogP contribution in [0.15, 0.2) is 55.0 Å². The summed E-state index contributed by atoms with van der Waals surface area (Å²) in [6, 6.07) is 11.9. The molecule has 0 fully saturated rings. The Bertz CT molecular complexity index is 1190. The molecular weight excluding hydrogens is 394 g/mol. The van der Waals surface area contributed by atoms with Gasteiger partial charge in [0.05, 0.1) is 33.2 Å². The Morgan fingerprint density at radius 3 is 2.32 bits per heavy atom. The molecule has 8 heteroatoms. The SMILES string of the molecule is COc1cc(-c2cnc3c(Nc4cccc(N(C)C)c4)nccn23)cc(OC)c1OC. The number of anilines is 3. The van der Waals surface area contributed by atoms with Crippen molar-refractivity contribution in [3.63, 3.8) is 0 Å². The number of hydrogen-bond acceptors (Lipinski definition) is 7. The minimum absolute atomic E-state index is 0.548. The molecule has 0 unspecified atom stereocenters. The smallest absolute Gasteiger partial charge is 0.203 e. The third-order valence-electron chi connectivity index (χ3n) is 5.01. The van der Waals surface area contributed by atoms with E-state index >= 15 is 0 Å². The molecule has 0 atom stereocenters. The number of rotatable bonds is 7. The molecule has 0 amide bonds. The van der Waals surface area contributed by atoms with Gasteiger partial charge in [0.25, 0.3) is 0 Å². The molecule has 0 spiro atoms. The van der Waals surface area contributed by atoms with E-state index in [1.807, 2.05) is 49.0 Å². The number of nitrogens with one attached hydrogen (secondary N) is 1. The number of nitrogens with zero attached hydrogens (tertiary/aromatic N) is 4. The van der Waals surface area contributed by atoms with E-state index in [-0.39, 0.29) is 0 Å². The van der Waals surface area contributed by atoms with Crippen LogP contribution in [0.1, 0.15) is 0 Å². The van der Waals surface area contributed by atoms with Crippen LogP contribution in [-0.2, 0) is 0 Å². The van der Waals surface area contributed by atoms with Crippen molar-refractivity contribution < 1.29 is 14.2 Å². The van der Waals surface area contributed by atoms with Crippen molar-refractivity contribution >= 4 is 22.8 Å². The second-order valence-electron chi connectivity index (χ2n) is 7.10. The van der Waals surface area contributed by atoms with Crippen LogP contribution in [0.4, 0.5) is 17.2 Å². The first-order valence-corrected chi connectivity index (χ1v) is 9.72. The van der Waals surface area contributed by atoms with Gasteiger partial charge in [0.2, 0.25) is 5.75 Å². The Labute approximate surface area is 181 Å². The second kappa shape index (κ2) is 8.43. The minimum atomic E-state index is 0.548. The zero-order valence-corrected chi connectivity index (χ0v) is 18.2. The summed E-state index contributed by atoms with van der Waals surface area (Å²) in [5, 5.41) is 3.38. The molecule has 4 aromatic rings. The van der Waals surface area contributed by atoms with Gasteiger partial charge in [0.15, 0.2) is 23.0 Å². The van der Waals surface area contributed by atoms with Crippen molar-refractivity contribution in [2.45, 2.75) is 0 Å². The number of imidazole rings is 1. The van der Waals surface area contributed by atoms with E-state index in [4.69, 9.17) is 14.2 Å². The highest BCUT2D eigenvalue weighted by molar-refractivity contribution is 5.77. The Hall–Kier alpha value is -3.94. The van der Waals surface area contributed by atoms with Gasteiger partial charge in [0, 0.05) is 43.4 Å². The molecule has 160 valence electrons. The molecule has 8 nitrogen and oxygen atoms in total. The van der Waals surface area contributed by atoms with E-state index < -0.39 is 0 Å². The molecule has 0 aliphatic rings. The van der Waals surface area contributed by atoms with E-state index in [1.165, 1.54) is 0 Å². The molecule has 2 aromatic heterocycles. The third kappa shape index (κ3) is 3.79. The first-order valence-electron chi connectivity index (χ1n) is 9.72. The van der Waals surface area contributed by atoms with Gasteiger partial charge in [-0.2, -0.15) is 0 Å². The molecule has 0 saturated heterocycles. The summed E-state index contributed by atoms with van der Waals surface area (Å²) < 4.78 is 18.4. The molecule has 0 aliphatic carbocycles. The number of benzene rings is 2. The zero-order chi connectivity index (χ0) is 22.0. The fourth-order valence-corrected chi connectivity index (χ4v) is 3.45. The van der Waals surface area contributed by atoms with Crippen molar-refractivity contribution in [2.75, 3.05) is 45.6 Å². The van der Waals surface area contributed by atoms with Crippen molar-refractivity contribution in [3.05, 3.63) is 55.0 Å². The van der Waals surface area contributed by atoms with Crippen LogP contribution in [0.3, 0.4) is 0 Å². The van der Waals surface area contributed by atoms with Crippen LogP contribution >= 0.6 is 0 Å². The summed E-state index contributed by atoms with van der Waals surface area (Å²) in [7, 11) is 8.81. The predicted octanol–water partition coefficient (Wildman–Crippen LogP) is 4.23. The van der Waals surface area contributed by atoms with Crippen LogP contribution < -0.4 is 24.4 Å². The van der Waals surface area contributed by atoms with Gasteiger partial charge in [-0.1, -0.05) is 6.07 Å². The largest absolute Gasteiger partial charge is 0.493 e. The average Bonchev–Trinajstić information content (AvgIpc) is 3.23. The lowest BCUT2D eigenvalue weighted by Gasteiger charge is -2.15. The van der Waals surface area contributed by atoms with E-state index in [1.54, 1.807) is 33.7 Å². The Morgan fingerprint density at radius 1 is 0.935 bits per heavy atom. The number of aromatic nitrogens is 3. The monoisotopic (exact) mass is 419 g/mol. The van der Waals surface area contributed by atoms with Gasteiger partial charge >= 0.3 is 0 Å². The maximum Gasteiger partial charge on any atom is 0.203 e. The lowest BCUT2D eigenvalue weighted by atomic mass is 10.1. The molecule has 4 rings (SSSR count). The summed E-state index contributed by atoms with van der Waals surface area (Å²) in [5.74, 6) is 2.38. The number of hydrogen-bond donors (Lipinski definition) is 1. The summed E-state index contributed by atoms with van der Waals surface area (Å²) in [5.41, 5.74) is 4.50. The molecule has 0 saturated carbocycles. The van der Waals surface area contributed by atoms with Gasteiger partial charge in [-0.15, -0.1) is 0 Å². The number of ether oxygens (including phenoxy) is 3. The van der Waals surface area contributed by atoms with E-state index in [9.17, 15) is 0 Å². The maximum atomic E-state index is 5.50. The van der Waals surface area contributed by atoms with Crippen LogP contribution in [-0.4, -0.2) is 49.8 Å². The summed E-state index contributed by atoms with van der Waals surface area (Å²) in [6.45, 7) is 0. The van der Waals surface area contributed by atoms with Crippen LogP contribution in [0, 0.1) is 0 Å². The molecule has 0 aliphatic heterocycles. The van der Waals surface area contributed by atoms with Crippen LogP contribution in [0.25, 0.3) is 16.9 Å². The van der Waals surface area contributed by atoms with Gasteiger partial charge in [-0.25, -0.2) is 9.97 Å². The highest BCUT2D eigenvalue weighted by atomic mass is 16.5. The van der Waals surface area contributed by atoms with Crippen molar-refractivity contribution in [2.24, 2.45) is 0 Å². The van der Waals surface area contributed by atoms with Crippen LogP contribution in [0.2, 0.25) is 0 Å². The first kappa shape index (κ1) is 20.3. The third-order valence-corrected chi connectivity index (χ3v) is 5.01. The normalized spacial score (nSPS) is 10.7. The minimum Gasteiger partial charge on any atom is -0.493 e. The topological polar surface area (TPSA) is 73.2 Å². The fraction of sp³-hybridized carbons (Fsp3) is 0.217. The maximum absolute atomic E-state index is 5.50. The van der Waals surface area contributed by atoms with Gasteiger partial charge < -0.3 is 24.4 Å². The molecule has 31 heavy (non-hydrogen) atoms. The second-order valence-corrected chi connectivity index (χ2v) is 7.10. The summed E-state index contributed by atoms with van der Waals surface area (Å²) >= 11 is 0. The zero-order valence-electron chi connectivity index (χ0n) is 18.2. The standard InChI is InChI=1S/C23H25N5O3/c1-27(2)17-8-6-7-16(13-17)26-22-23-25-14-18(28(23)10-9-24-22)15-11-19(29-3)21(31-5)20(12-15)30-4/h6-14H,1-5H3,(H,24,26). The average molecular weight is 419 g/mol. The van der Waals surface area contributed by atoms with Gasteiger partial charge in [0.1, 0.15) is 0 Å². The van der Waals surface area contributed by atoms with E-state index in [0.717, 1.165) is 22.6 Å². The van der Waals surface area contributed by atoms with E-state index in [2.05, 4.69) is 32.3 Å². The van der Waals surface area contributed by atoms with Crippen molar-refractivity contribution in [1.82, 2.24) is 14.4 Å². The fourth-order valence-electron chi connectivity index (χ4n) is 3.45. The number of methoxy groups -OCH3 is 3. The molecule has 2 aromatic carbocycles. The molecular formula is C23H25N5O3. The predicted molar refractivity (Wildman–Crippen MR) is 122 cm³/mol. The molecule has 2 heterocycles. The van der Waals surface area contributed by atoms with Crippen molar-refractivity contribution in [3.8, 4) is 28.5 Å². The van der Waals surface area contributed by atoms with E-state index in [0.29, 0.717) is 28.7 Å². The molecule has 1 N–H and O–H groups in total. The summed E-state index contributed by atoms with van der Waals surface area (Å²) in [4.78, 5) is 11.2. The summed E-state index contributed by atoms with van der Waals surface area (Å²) in [6.07, 6.45) is 5.43. The van der Waals surface area contributed by atoms with Gasteiger partial charge in [-0.05, 0) is 30.3 Å². The Morgan fingerprint density at radius 2 is 1.68 bits per heavy atom. The Balaban J connectivity index is 1.77. The lowest BCUT2D eigenvalue weighted by Crippen LogP contribution is -2.08. The quantitative estimate of drug-likeness (QED) is 0.480. The number of fused-ring (bicyclic) bond motifs is 1. The lowest BCUT2D eigenvalue weighted by molar-refractivity contribution is 0.324. The first-order chi connectivity index (χ1) is 15.0. The highest BCUT2D eigenvalue weighted by Gasteiger charge is 2.17. The van der Waals surface area contributed by atoms with Gasteiger partial charge in [-0.3, -0.25) is 4.40 Å². The molecule has 0 radical (unpaired) electrons. The highest BCUT2D eigenvalue weighted by Crippen LogP contribution is 2.41. The van der Waals surface area contributed by atoms with Crippen molar-refractivity contribution in [1.29, 1.82) is 0 Å². The Kier molecular flexibility index (Phi) is 5.53. The molecule has 0 bridgehead atoms.